The Balaban J connectivity index is 1.37. The Morgan fingerprint density at radius 1 is 0.902 bits per heavy atom. The Labute approximate surface area is 239 Å². The molecule has 41 heavy (non-hydrogen) atoms. The van der Waals surface area contributed by atoms with Crippen LogP contribution in [-0.4, -0.2) is 42.1 Å². The smallest absolute Gasteiger partial charge is 0.252 e. The number of sulfonamides is 1. The Morgan fingerprint density at radius 3 is 2.37 bits per heavy atom. The molecule has 6 rings (SSSR count). The van der Waals surface area contributed by atoms with Crippen molar-refractivity contribution in [3.8, 4) is 0 Å². The second-order valence-corrected chi connectivity index (χ2v) is 12.7. The molecule has 1 saturated heterocycles. The number of nitrogens with zero attached hydrogens (tertiary/aromatic N) is 2. The number of rotatable bonds is 8. The van der Waals surface area contributed by atoms with E-state index in [1.165, 1.54) is 4.31 Å². The molecule has 2 amide bonds. The molecule has 0 aliphatic carbocycles. The Morgan fingerprint density at radius 2 is 1.61 bits per heavy atom. The lowest BCUT2D eigenvalue weighted by molar-refractivity contribution is -0.122. The molecule has 1 aromatic heterocycles. The number of fused-ring (bicyclic) bond motifs is 2. The Hall–Kier alpha value is -4.27. The molecule has 8 heteroatoms. The lowest BCUT2D eigenvalue weighted by Crippen LogP contribution is -2.46. The fourth-order valence-electron chi connectivity index (χ4n) is 5.60. The normalized spacial score (nSPS) is 16.1. The molecule has 5 aromatic rings. The van der Waals surface area contributed by atoms with E-state index in [0.29, 0.717) is 18.0 Å². The van der Waals surface area contributed by atoms with Gasteiger partial charge in [0.05, 0.1) is 17.0 Å². The monoisotopic (exact) mass is 565 g/mol. The fourth-order valence-corrected chi connectivity index (χ4v) is 7.21. The van der Waals surface area contributed by atoms with Gasteiger partial charge in [-0.05, 0) is 64.6 Å². The number of benzene rings is 4. The van der Waals surface area contributed by atoms with Crippen LogP contribution >= 0.6 is 0 Å². The van der Waals surface area contributed by atoms with Crippen molar-refractivity contribution in [2.24, 2.45) is 0 Å². The summed E-state index contributed by atoms with van der Waals surface area (Å²) in [5.74, 6) is -0.646. The standard InChI is InChI=1S/C33H31N3O4S/c1-22(2)23-11-14-27(15-12-23)36-32(37)20-31(33(36)38)35(18-17-26-21-34-30-10-6-5-9-29(26)30)41(39,40)28-16-13-24-7-3-4-8-25(24)19-28/h3-16,19,21-22,31,34H,17-18,20H2,1-2H3. The summed E-state index contributed by atoms with van der Waals surface area (Å²) in [6.07, 6.45) is 2.03. The van der Waals surface area contributed by atoms with Gasteiger partial charge in [0.25, 0.3) is 5.91 Å². The van der Waals surface area contributed by atoms with Crippen LogP contribution in [0.2, 0.25) is 0 Å². The molecule has 7 nitrogen and oxygen atoms in total. The topological polar surface area (TPSA) is 90.6 Å². The van der Waals surface area contributed by atoms with Crippen molar-refractivity contribution in [1.82, 2.24) is 9.29 Å². The Kier molecular flexibility index (Phi) is 6.97. The third kappa shape index (κ3) is 4.94. The van der Waals surface area contributed by atoms with Gasteiger partial charge < -0.3 is 4.98 Å². The molecular weight excluding hydrogens is 534 g/mol. The van der Waals surface area contributed by atoms with Gasteiger partial charge >= 0.3 is 0 Å². The second-order valence-electron chi connectivity index (χ2n) is 10.8. The zero-order valence-electron chi connectivity index (χ0n) is 22.9. The highest BCUT2D eigenvalue weighted by Gasteiger charge is 2.46. The first kappa shape index (κ1) is 26.9. The minimum Gasteiger partial charge on any atom is -0.361 e. The van der Waals surface area contributed by atoms with E-state index in [0.717, 1.165) is 37.7 Å². The van der Waals surface area contributed by atoms with Crippen LogP contribution in [0.25, 0.3) is 21.7 Å². The predicted octanol–water partition coefficient (Wildman–Crippen LogP) is 6.01. The number of imide groups is 1. The highest BCUT2D eigenvalue weighted by molar-refractivity contribution is 7.89. The number of anilines is 1. The lowest BCUT2D eigenvalue weighted by Gasteiger charge is -2.27. The largest absolute Gasteiger partial charge is 0.361 e. The van der Waals surface area contributed by atoms with Gasteiger partial charge in [-0.3, -0.25) is 9.59 Å². The Bertz CT molecular complexity index is 1880. The van der Waals surface area contributed by atoms with E-state index in [1.54, 1.807) is 30.3 Å². The summed E-state index contributed by atoms with van der Waals surface area (Å²) < 4.78 is 29.7. The third-order valence-corrected chi connectivity index (χ3v) is 9.80. The molecule has 1 unspecified atom stereocenters. The fraction of sp³-hybridized carbons (Fsp3) is 0.212. The highest BCUT2D eigenvalue weighted by atomic mass is 32.2. The van der Waals surface area contributed by atoms with Crippen LogP contribution in [-0.2, 0) is 26.0 Å². The van der Waals surface area contributed by atoms with Crippen LogP contribution in [0.4, 0.5) is 5.69 Å². The molecule has 1 aliphatic rings. The summed E-state index contributed by atoms with van der Waals surface area (Å²) in [7, 11) is -4.14. The third-order valence-electron chi connectivity index (χ3n) is 7.89. The van der Waals surface area contributed by atoms with Crippen molar-refractivity contribution in [3.63, 3.8) is 0 Å². The van der Waals surface area contributed by atoms with E-state index < -0.39 is 27.9 Å². The summed E-state index contributed by atoms with van der Waals surface area (Å²) in [6.45, 7) is 4.18. The minimum absolute atomic E-state index is 0.0425. The number of aromatic nitrogens is 1. The van der Waals surface area contributed by atoms with Gasteiger partial charge in [0.15, 0.2) is 0 Å². The van der Waals surface area contributed by atoms with Gasteiger partial charge in [0, 0.05) is 23.6 Å². The number of hydrogen-bond acceptors (Lipinski definition) is 4. The zero-order chi connectivity index (χ0) is 28.7. The summed E-state index contributed by atoms with van der Waals surface area (Å²) in [6, 6.07) is 26.5. The number of para-hydroxylation sites is 1. The molecule has 208 valence electrons. The van der Waals surface area contributed by atoms with Gasteiger partial charge in [-0.25, -0.2) is 13.3 Å². The number of carbonyl (C=O) groups excluding carboxylic acids is 2. The first-order valence-electron chi connectivity index (χ1n) is 13.8. The molecule has 2 heterocycles. The van der Waals surface area contributed by atoms with Crippen LogP contribution in [0.15, 0.2) is 102 Å². The summed E-state index contributed by atoms with van der Waals surface area (Å²) in [4.78, 5) is 31.5. The molecule has 1 aliphatic heterocycles. The molecule has 0 spiro atoms. The van der Waals surface area contributed by atoms with Crippen LogP contribution in [0.3, 0.4) is 0 Å². The first-order chi connectivity index (χ1) is 19.7. The van der Waals surface area contributed by atoms with Crippen LogP contribution in [0.5, 0.6) is 0 Å². The van der Waals surface area contributed by atoms with Crippen LogP contribution in [0, 0.1) is 0 Å². The SMILES string of the molecule is CC(C)c1ccc(N2C(=O)CC(N(CCc3c[nH]c4ccccc34)S(=O)(=O)c3ccc4ccccc4c3)C2=O)cc1. The number of amides is 2. The summed E-state index contributed by atoms with van der Waals surface area (Å²) in [5.41, 5.74) is 3.43. The quantitative estimate of drug-likeness (QED) is 0.233. The van der Waals surface area contributed by atoms with Crippen molar-refractivity contribution < 1.29 is 18.0 Å². The average Bonchev–Trinajstić information content (AvgIpc) is 3.52. The van der Waals surface area contributed by atoms with Crippen molar-refractivity contribution in [1.29, 1.82) is 0 Å². The van der Waals surface area contributed by atoms with Crippen molar-refractivity contribution in [2.45, 2.75) is 43.5 Å². The molecule has 0 radical (unpaired) electrons. The van der Waals surface area contributed by atoms with Crippen molar-refractivity contribution >= 4 is 49.2 Å². The predicted molar refractivity (Wildman–Crippen MR) is 161 cm³/mol. The lowest BCUT2D eigenvalue weighted by atomic mass is 10.0. The van der Waals surface area contributed by atoms with Crippen LogP contribution in [0.1, 0.15) is 37.3 Å². The average molecular weight is 566 g/mol. The maximum atomic E-state index is 14.2. The molecule has 1 N–H and O–H groups in total. The van der Waals surface area contributed by atoms with Crippen molar-refractivity contribution in [2.75, 3.05) is 11.4 Å². The zero-order valence-corrected chi connectivity index (χ0v) is 23.8. The first-order valence-corrected chi connectivity index (χ1v) is 15.2. The number of nitrogens with one attached hydrogen (secondary N) is 1. The highest BCUT2D eigenvalue weighted by Crippen LogP contribution is 2.32. The van der Waals surface area contributed by atoms with E-state index >= 15 is 0 Å². The summed E-state index contributed by atoms with van der Waals surface area (Å²) in [5, 5.41) is 2.70. The van der Waals surface area contributed by atoms with Crippen molar-refractivity contribution in [3.05, 3.63) is 108 Å². The van der Waals surface area contributed by atoms with E-state index in [1.807, 2.05) is 66.9 Å². The van der Waals surface area contributed by atoms with E-state index in [9.17, 15) is 18.0 Å². The number of H-pyrrole nitrogens is 1. The van der Waals surface area contributed by atoms with Gasteiger partial charge in [0.1, 0.15) is 6.04 Å². The van der Waals surface area contributed by atoms with E-state index in [-0.39, 0.29) is 17.9 Å². The maximum Gasteiger partial charge on any atom is 0.252 e. The van der Waals surface area contributed by atoms with E-state index in [2.05, 4.69) is 18.8 Å². The number of hydrogen-bond donors (Lipinski definition) is 1. The molecule has 0 saturated carbocycles. The summed E-state index contributed by atoms with van der Waals surface area (Å²) >= 11 is 0. The molecular formula is C33H31N3O4S. The minimum atomic E-state index is -4.14. The second kappa shape index (κ2) is 10.6. The van der Waals surface area contributed by atoms with Gasteiger partial charge in [-0.15, -0.1) is 0 Å². The van der Waals surface area contributed by atoms with Crippen LogP contribution < -0.4 is 4.90 Å². The molecule has 1 fully saturated rings. The van der Waals surface area contributed by atoms with Gasteiger partial charge in [0.2, 0.25) is 15.9 Å². The maximum absolute atomic E-state index is 14.2. The molecule has 0 bridgehead atoms. The van der Waals surface area contributed by atoms with Gasteiger partial charge in [-0.2, -0.15) is 4.31 Å². The number of aromatic amines is 1. The molecule has 1 atom stereocenters. The van der Waals surface area contributed by atoms with Gasteiger partial charge in [-0.1, -0.05) is 74.5 Å². The van der Waals surface area contributed by atoms with E-state index in [4.69, 9.17) is 0 Å². The molecule has 4 aromatic carbocycles. The number of carbonyl (C=O) groups is 2.